The summed E-state index contributed by atoms with van der Waals surface area (Å²) in [6, 6.07) is -1.17. The number of carboxylic acid groups (broad SMARTS) is 1. The van der Waals surface area contributed by atoms with E-state index < -0.39 is 28.1 Å². The molecule has 0 aliphatic carbocycles. The molecule has 8 heteroatoms. The number of carbonyl (C=O) groups excluding carboxylic acids is 1. The highest BCUT2D eigenvalue weighted by Gasteiger charge is 2.33. The predicted octanol–water partition coefficient (Wildman–Crippen LogP) is -0.531. The molecule has 0 aromatic carbocycles. The van der Waals surface area contributed by atoms with Gasteiger partial charge < -0.3 is 14.7 Å². The number of carbonyl (C=O) groups is 2. The lowest BCUT2D eigenvalue weighted by Crippen LogP contribution is -2.47. The minimum Gasteiger partial charge on any atom is -0.480 e. The van der Waals surface area contributed by atoms with Crippen LogP contribution in [0.4, 0.5) is 0 Å². The number of carboxylic acids is 1. The second-order valence-corrected chi connectivity index (χ2v) is 6.55. The van der Waals surface area contributed by atoms with E-state index in [9.17, 15) is 18.0 Å². The zero-order valence-corrected chi connectivity index (χ0v) is 10.9. The molecule has 2 atom stereocenters. The molecule has 1 aliphatic rings. The molecule has 0 bridgehead atoms. The number of aliphatic carboxylic acids is 1. The van der Waals surface area contributed by atoms with Crippen molar-refractivity contribution in [3.63, 3.8) is 0 Å². The van der Waals surface area contributed by atoms with Crippen LogP contribution in [0, 0.1) is 0 Å². The largest absolute Gasteiger partial charge is 0.480 e. The van der Waals surface area contributed by atoms with E-state index in [1.165, 1.54) is 0 Å². The third-order valence-corrected chi connectivity index (χ3v) is 3.74. The molecule has 104 valence electrons. The van der Waals surface area contributed by atoms with Gasteiger partial charge in [0.25, 0.3) is 0 Å². The van der Waals surface area contributed by atoms with Gasteiger partial charge in [-0.2, -0.15) is 0 Å². The van der Waals surface area contributed by atoms with Crippen LogP contribution in [0.1, 0.15) is 19.3 Å². The molecule has 0 saturated carbocycles. The lowest BCUT2D eigenvalue weighted by molar-refractivity contribution is -0.154. The van der Waals surface area contributed by atoms with Crippen LogP contribution >= 0.6 is 0 Å². The van der Waals surface area contributed by atoms with Crippen LogP contribution in [0.5, 0.6) is 0 Å². The van der Waals surface area contributed by atoms with E-state index in [0.29, 0.717) is 19.4 Å². The Labute approximate surface area is 106 Å². The van der Waals surface area contributed by atoms with Crippen molar-refractivity contribution in [2.45, 2.75) is 31.5 Å². The van der Waals surface area contributed by atoms with E-state index in [1.807, 2.05) is 0 Å². The number of nitrogens with zero attached hydrogens (tertiary/aromatic N) is 1. The van der Waals surface area contributed by atoms with Gasteiger partial charge in [-0.15, -0.1) is 0 Å². The zero-order chi connectivity index (χ0) is 13.8. The Morgan fingerprint density at radius 1 is 1.61 bits per heavy atom. The fourth-order valence-corrected chi connectivity index (χ4v) is 2.52. The molecule has 1 rings (SSSR count). The molecule has 1 aliphatic heterocycles. The summed E-state index contributed by atoms with van der Waals surface area (Å²) in [5.74, 6) is -1.50. The Morgan fingerprint density at radius 3 is 2.67 bits per heavy atom. The van der Waals surface area contributed by atoms with Gasteiger partial charge in [-0.1, -0.05) is 0 Å². The van der Waals surface area contributed by atoms with E-state index in [-0.39, 0.29) is 12.2 Å². The molecule has 18 heavy (non-hydrogen) atoms. The van der Waals surface area contributed by atoms with Crippen molar-refractivity contribution < 1.29 is 27.9 Å². The number of amides is 1. The number of ether oxygens (including phenoxy) is 1. The first-order chi connectivity index (χ1) is 8.35. The number of rotatable bonds is 7. The Balaban J connectivity index is 2.74. The van der Waals surface area contributed by atoms with Gasteiger partial charge in [0, 0.05) is 12.9 Å². The average Bonchev–Trinajstić information content (AvgIpc) is 2.75. The summed E-state index contributed by atoms with van der Waals surface area (Å²) >= 11 is 0. The van der Waals surface area contributed by atoms with Crippen molar-refractivity contribution in [1.29, 1.82) is 0 Å². The highest BCUT2D eigenvalue weighted by molar-refractivity contribution is 7.90. The van der Waals surface area contributed by atoms with Crippen LogP contribution in [-0.4, -0.2) is 61.7 Å². The molecule has 1 saturated heterocycles. The molecule has 1 heterocycles. The maximum atomic E-state index is 11.1. The third kappa shape index (κ3) is 4.26. The molecule has 0 aromatic heterocycles. The van der Waals surface area contributed by atoms with Gasteiger partial charge >= 0.3 is 5.97 Å². The smallest absolute Gasteiger partial charge is 0.326 e. The van der Waals surface area contributed by atoms with E-state index in [1.54, 1.807) is 0 Å². The van der Waals surface area contributed by atoms with Crippen LogP contribution in [0.15, 0.2) is 0 Å². The molecule has 2 unspecified atom stereocenters. The van der Waals surface area contributed by atoms with E-state index in [2.05, 4.69) is 0 Å². The number of hydrogen-bond acceptors (Lipinski definition) is 5. The molecule has 1 fully saturated rings. The summed E-state index contributed by atoms with van der Waals surface area (Å²) < 4.78 is 27.4. The van der Waals surface area contributed by atoms with Crippen molar-refractivity contribution in [2.75, 3.05) is 18.6 Å². The third-order valence-electron chi connectivity index (χ3n) is 2.77. The highest BCUT2D eigenvalue weighted by Crippen LogP contribution is 2.19. The summed E-state index contributed by atoms with van der Waals surface area (Å²) in [4.78, 5) is 23.2. The minimum absolute atomic E-state index is 0.132. The van der Waals surface area contributed by atoms with Crippen molar-refractivity contribution in [1.82, 2.24) is 4.90 Å². The summed E-state index contributed by atoms with van der Waals surface area (Å²) in [5.41, 5.74) is 0. The van der Waals surface area contributed by atoms with Gasteiger partial charge in [-0.05, 0) is 19.3 Å². The fourth-order valence-electron chi connectivity index (χ4n) is 1.86. The first kappa shape index (κ1) is 14.9. The average molecular weight is 279 g/mol. The highest BCUT2D eigenvalue weighted by atomic mass is 32.2. The van der Waals surface area contributed by atoms with Gasteiger partial charge in [-0.25, -0.2) is 13.2 Å². The van der Waals surface area contributed by atoms with Crippen LogP contribution in [0.2, 0.25) is 0 Å². The molecule has 0 spiro atoms. The fraction of sp³-hybridized carbons (Fsp3) is 0.800. The lowest BCUT2D eigenvalue weighted by Gasteiger charge is -2.29. The Hall–Kier alpha value is -1.15. The van der Waals surface area contributed by atoms with E-state index in [4.69, 9.17) is 9.84 Å². The van der Waals surface area contributed by atoms with Crippen LogP contribution < -0.4 is 0 Å². The lowest BCUT2D eigenvalue weighted by atomic mass is 10.2. The monoisotopic (exact) mass is 279 g/mol. The molecule has 1 N–H and O–H groups in total. The molecule has 1 amide bonds. The maximum absolute atomic E-state index is 11.1. The second-order valence-electron chi connectivity index (χ2n) is 4.29. The predicted molar refractivity (Wildman–Crippen MR) is 62.6 cm³/mol. The van der Waals surface area contributed by atoms with Gasteiger partial charge in [-0.3, -0.25) is 4.79 Å². The standard InChI is InChI=1S/C10H17NO6S/c1-18(15,16)6-4-8(10(13)14)11(7-12)9-3-2-5-17-9/h7-9H,2-6H2,1H3,(H,13,14). The maximum Gasteiger partial charge on any atom is 0.326 e. The minimum atomic E-state index is -3.26. The van der Waals surface area contributed by atoms with Crippen molar-refractivity contribution >= 4 is 22.2 Å². The Morgan fingerprint density at radius 2 is 2.28 bits per heavy atom. The van der Waals surface area contributed by atoms with Crippen molar-refractivity contribution in [3.8, 4) is 0 Å². The first-order valence-electron chi connectivity index (χ1n) is 5.60. The molecule has 0 aromatic rings. The van der Waals surface area contributed by atoms with E-state index in [0.717, 1.165) is 17.6 Å². The van der Waals surface area contributed by atoms with E-state index >= 15 is 0 Å². The summed E-state index contributed by atoms with van der Waals surface area (Å²) in [6.45, 7) is 0.480. The Kier molecular flexibility index (Phi) is 5.09. The van der Waals surface area contributed by atoms with Gasteiger partial charge in [0.2, 0.25) is 6.41 Å². The molecule has 0 radical (unpaired) electrons. The van der Waals surface area contributed by atoms with Gasteiger partial charge in [0.05, 0.1) is 5.75 Å². The van der Waals surface area contributed by atoms with Crippen molar-refractivity contribution in [2.24, 2.45) is 0 Å². The first-order valence-corrected chi connectivity index (χ1v) is 7.66. The Bertz CT molecular complexity index is 401. The SMILES string of the molecule is CS(=O)(=O)CCC(C(=O)O)N(C=O)C1CCCO1. The van der Waals surface area contributed by atoms with Crippen LogP contribution in [0.25, 0.3) is 0 Å². The van der Waals surface area contributed by atoms with Crippen LogP contribution in [0.3, 0.4) is 0 Å². The number of sulfone groups is 1. The normalized spacial score (nSPS) is 21.5. The van der Waals surface area contributed by atoms with Gasteiger partial charge in [0.1, 0.15) is 22.1 Å². The van der Waals surface area contributed by atoms with Gasteiger partial charge in [0.15, 0.2) is 0 Å². The molecular formula is C10H17NO6S. The topological polar surface area (TPSA) is 101 Å². The molecular weight excluding hydrogens is 262 g/mol. The summed E-state index contributed by atoms with van der Waals surface area (Å²) in [5, 5.41) is 9.08. The van der Waals surface area contributed by atoms with Crippen molar-refractivity contribution in [3.05, 3.63) is 0 Å². The summed E-state index contributed by atoms with van der Waals surface area (Å²) in [6.07, 6.45) is 2.07. The second kappa shape index (κ2) is 6.14. The molecule has 7 nitrogen and oxygen atoms in total. The summed E-state index contributed by atoms with van der Waals surface area (Å²) in [7, 11) is -3.26. The number of hydrogen-bond donors (Lipinski definition) is 1. The van der Waals surface area contributed by atoms with Crippen LogP contribution in [-0.2, 0) is 24.2 Å². The quantitative estimate of drug-likeness (QED) is 0.629. The zero-order valence-electron chi connectivity index (χ0n) is 10.1.